The Bertz CT molecular complexity index is 1390. The largest absolute Gasteiger partial charge is 0.495 e. The Balaban J connectivity index is 1.57. The maximum absolute atomic E-state index is 12.3. The third-order valence-corrected chi connectivity index (χ3v) is 6.53. The number of thiocarbonyl (C=S) groups is 1. The van der Waals surface area contributed by atoms with Crippen molar-refractivity contribution in [2.24, 2.45) is 0 Å². The van der Waals surface area contributed by atoms with E-state index < -0.39 is 0 Å². The number of carbonyl (C=O) groups is 1. The lowest BCUT2D eigenvalue weighted by atomic mass is 9.98. The third-order valence-electron chi connectivity index (χ3n) is 6.22. The molecule has 1 aliphatic heterocycles. The van der Waals surface area contributed by atoms with Crippen LogP contribution in [0, 0.1) is 0 Å². The molecule has 4 aromatic rings. The maximum atomic E-state index is 12.3. The Morgan fingerprint density at radius 2 is 1.86 bits per heavy atom. The molecular weight excluding hydrogens is 486 g/mol. The van der Waals surface area contributed by atoms with E-state index in [9.17, 15) is 4.79 Å². The number of para-hydroxylation sites is 1. The van der Waals surface area contributed by atoms with Crippen LogP contribution in [-0.2, 0) is 9.53 Å². The summed E-state index contributed by atoms with van der Waals surface area (Å²) in [6.45, 7) is -0.0611. The van der Waals surface area contributed by atoms with Crippen LogP contribution >= 0.6 is 12.2 Å². The Kier molecular flexibility index (Phi) is 7.16. The number of benzene rings is 2. The predicted octanol–water partition coefficient (Wildman–Crippen LogP) is 4.64. The van der Waals surface area contributed by atoms with Gasteiger partial charge in [-0.25, -0.2) is 0 Å². The number of pyridine rings is 1. The fraction of sp³-hybridized carbons (Fsp3) is 0.179. The van der Waals surface area contributed by atoms with Gasteiger partial charge in [0.25, 0.3) is 0 Å². The van der Waals surface area contributed by atoms with Gasteiger partial charge >= 0.3 is 0 Å². The van der Waals surface area contributed by atoms with E-state index in [1.165, 1.54) is 7.11 Å². The smallest absolute Gasteiger partial charge is 0.250 e. The summed E-state index contributed by atoms with van der Waals surface area (Å²) >= 11 is 5.85. The summed E-state index contributed by atoms with van der Waals surface area (Å²) in [5.74, 6) is 0.266. The van der Waals surface area contributed by atoms with Crippen LogP contribution in [-0.4, -0.2) is 41.4 Å². The predicted molar refractivity (Wildman–Crippen MR) is 147 cm³/mol. The van der Waals surface area contributed by atoms with Crippen LogP contribution in [0.25, 0.3) is 5.69 Å². The van der Waals surface area contributed by atoms with Crippen molar-refractivity contribution in [3.05, 3.63) is 103 Å². The van der Waals surface area contributed by atoms with Crippen molar-refractivity contribution in [1.29, 1.82) is 0 Å². The van der Waals surface area contributed by atoms with Gasteiger partial charge in [-0.2, -0.15) is 0 Å². The van der Waals surface area contributed by atoms with Crippen molar-refractivity contribution in [1.82, 2.24) is 14.9 Å². The number of carbonyl (C=O) groups excluding carboxylic acids is 1. The Hall–Kier alpha value is -4.21. The molecule has 3 heterocycles. The van der Waals surface area contributed by atoms with Crippen molar-refractivity contribution >= 4 is 34.6 Å². The van der Waals surface area contributed by atoms with Crippen LogP contribution in [0.4, 0.5) is 11.4 Å². The average Bonchev–Trinajstić information content (AvgIpc) is 3.54. The van der Waals surface area contributed by atoms with Crippen molar-refractivity contribution in [2.45, 2.75) is 12.1 Å². The van der Waals surface area contributed by atoms with Gasteiger partial charge in [-0.15, -0.1) is 0 Å². The number of methoxy groups -OCH3 is 2. The van der Waals surface area contributed by atoms with E-state index in [0.29, 0.717) is 16.5 Å². The number of ether oxygens (including phenoxy) is 2. The molecule has 1 aliphatic rings. The van der Waals surface area contributed by atoms with Crippen LogP contribution in [0.3, 0.4) is 0 Å². The summed E-state index contributed by atoms with van der Waals surface area (Å²) < 4.78 is 12.5. The minimum absolute atomic E-state index is 0.0611. The van der Waals surface area contributed by atoms with Crippen LogP contribution in [0.15, 0.2) is 91.4 Å². The molecular formula is C28H27N5O3S. The van der Waals surface area contributed by atoms with E-state index in [1.54, 1.807) is 13.3 Å². The first kappa shape index (κ1) is 24.5. The highest BCUT2D eigenvalue weighted by Gasteiger charge is 2.41. The third kappa shape index (κ3) is 5.04. The number of hydrogen-bond donors (Lipinski definition) is 2. The standard InChI is InChI=1S/C28H27N5O3S/c1-35-18-25(34)30-23-16-21(11-12-24(23)36-2)33-27(26(31-28(33)37)22-10-6-7-14-29-22)19-13-15-32(17-19)20-8-4-3-5-9-20/h3-17,26-27H,18H2,1-2H3,(H,30,34)(H,31,37). The Morgan fingerprint density at radius 3 is 2.59 bits per heavy atom. The zero-order valence-corrected chi connectivity index (χ0v) is 21.3. The molecule has 1 saturated heterocycles. The molecule has 2 aromatic carbocycles. The highest BCUT2D eigenvalue weighted by molar-refractivity contribution is 7.80. The molecule has 2 aromatic heterocycles. The zero-order valence-electron chi connectivity index (χ0n) is 20.5. The molecule has 2 N–H and O–H groups in total. The van der Waals surface area contributed by atoms with Crippen LogP contribution < -0.4 is 20.3 Å². The van der Waals surface area contributed by atoms with Gasteiger partial charge in [0.1, 0.15) is 12.4 Å². The number of aromatic nitrogens is 2. The van der Waals surface area contributed by atoms with E-state index in [0.717, 1.165) is 22.6 Å². The molecule has 0 aliphatic carbocycles. The summed E-state index contributed by atoms with van der Waals surface area (Å²) in [5, 5.41) is 6.90. The van der Waals surface area contributed by atoms with Crippen LogP contribution in [0.1, 0.15) is 23.3 Å². The lowest BCUT2D eigenvalue weighted by Gasteiger charge is -2.28. The van der Waals surface area contributed by atoms with Crippen molar-refractivity contribution in [3.63, 3.8) is 0 Å². The number of rotatable bonds is 8. The minimum Gasteiger partial charge on any atom is -0.495 e. The lowest BCUT2D eigenvalue weighted by Crippen LogP contribution is -2.29. The van der Waals surface area contributed by atoms with E-state index in [1.807, 2.05) is 60.8 Å². The lowest BCUT2D eigenvalue weighted by molar-refractivity contribution is -0.119. The molecule has 1 amide bonds. The molecule has 37 heavy (non-hydrogen) atoms. The van der Waals surface area contributed by atoms with Crippen LogP contribution in [0.5, 0.6) is 5.75 Å². The monoisotopic (exact) mass is 513 g/mol. The van der Waals surface area contributed by atoms with Crippen molar-refractivity contribution in [2.75, 3.05) is 31.0 Å². The molecule has 2 atom stereocenters. The number of hydrogen-bond acceptors (Lipinski definition) is 5. The molecule has 2 unspecified atom stereocenters. The normalized spacial score (nSPS) is 16.9. The SMILES string of the molecule is COCC(=O)Nc1cc(N2C(=S)NC(c3ccccn3)C2c2ccn(-c3ccccc3)c2)ccc1OC. The fourth-order valence-corrected chi connectivity index (χ4v) is 4.93. The fourth-order valence-electron chi connectivity index (χ4n) is 4.58. The summed E-state index contributed by atoms with van der Waals surface area (Å²) in [4.78, 5) is 19.0. The van der Waals surface area contributed by atoms with Gasteiger partial charge in [0, 0.05) is 37.1 Å². The van der Waals surface area contributed by atoms with Crippen molar-refractivity contribution in [3.8, 4) is 11.4 Å². The first-order valence-electron chi connectivity index (χ1n) is 11.8. The second kappa shape index (κ2) is 10.8. The quantitative estimate of drug-likeness (QED) is 0.332. The number of nitrogens with zero attached hydrogens (tertiary/aromatic N) is 3. The van der Waals surface area contributed by atoms with E-state index in [4.69, 9.17) is 21.7 Å². The van der Waals surface area contributed by atoms with Gasteiger partial charge in [-0.3, -0.25) is 9.78 Å². The highest BCUT2D eigenvalue weighted by atomic mass is 32.1. The zero-order chi connectivity index (χ0) is 25.8. The van der Waals surface area contributed by atoms with Gasteiger partial charge < -0.3 is 29.6 Å². The molecule has 5 rings (SSSR count). The van der Waals surface area contributed by atoms with Gasteiger partial charge in [0.15, 0.2) is 5.11 Å². The highest BCUT2D eigenvalue weighted by Crippen LogP contribution is 2.43. The Morgan fingerprint density at radius 1 is 1.05 bits per heavy atom. The second-order valence-corrected chi connectivity index (χ2v) is 8.94. The van der Waals surface area contributed by atoms with Crippen LogP contribution in [0.2, 0.25) is 0 Å². The average molecular weight is 514 g/mol. The summed E-state index contributed by atoms with van der Waals surface area (Å²) in [5.41, 5.74) is 4.35. The molecule has 0 spiro atoms. The van der Waals surface area contributed by atoms with Gasteiger partial charge in [-0.1, -0.05) is 24.3 Å². The summed E-state index contributed by atoms with van der Waals surface area (Å²) in [7, 11) is 3.04. The molecule has 0 radical (unpaired) electrons. The van der Waals surface area contributed by atoms with Crippen molar-refractivity contribution < 1.29 is 14.3 Å². The number of nitrogens with one attached hydrogen (secondary N) is 2. The van der Waals surface area contributed by atoms with Gasteiger partial charge in [0.05, 0.1) is 30.6 Å². The van der Waals surface area contributed by atoms with E-state index in [2.05, 4.69) is 49.5 Å². The number of anilines is 2. The van der Waals surface area contributed by atoms with Gasteiger partial charge in [-0.05, 0) is 66.3 Å². The molecule has 9 heteroatoms. The first-order valence-corrected chi connectivity index (χ1v) is 12.2. The summed E-state index contributed by atoms with van der Waals surface area (Å²) in [6, 6.07) is 23.4. The van der Waals surface area contributed by atoms with Gasteiger partial charge in [0.2, 0.25) is 5.91 Å². The molecule has 0 bridgehead atoms. The van der Waals surface area contributed by atoms with E-state index in [-0.39, 0.29) is 24.6 Å². The minimum atomic E-state index is -0.275. The Labute approximate surface area is 220 Å². The van der Waals surface area contributed by atoms with E-state index >= 15 is 0 Å². The molecule has 0 saturated carbocycles. The topological polar surface area (TPSA) is 80.7 Å². The first-order chi connectivity index (χ1) is 18.1. The second-order valence-electron chi connectivity index (χ2n) is 8.55. The number of amides is 1. The maximum Gasteiger partial charge on any atom is 0.250 e. The summed E-state index contributed by atoms with van der Waals surface area (Å²) in [6.07, 6.45) is 5.94. The molecule has 1 fully saturated rings. The molecule has 8 nitrogen and oxygen atoms in total. The molecule has 188 valence electrons.